The number of aromatic nitrogens is 2. The molecule has 4 heterocycles. The first-order chi connectivity index (χ1) is 10.9. The molecule has 1 aromatic rings. The van der Waals surface area contributed by atoms with E-state index >= 15 is 0 Å². The largest absolute Gasteiger partial charge is 0.338 e. The molecule has 3 aliphatic rings. The van der Waals surface area contributed by atoms with E-state index in [1.165, 1.54) is 5.23 Å². The van der Waals surface area contributed by atoms with Crippen molar-refractivity contribution in [3.05, 3.63) is 36.4 Å². The van der Waals surface area contributed by atoms with Crippen LogP contribution >= 0.6 is 0 Å². The van der Waals surface area contributed by atoms with E-state index in [4.69, 9.17) is 0 Å². The Hall–Kier alpha value is -2.74. The molecular weight excluding hydrogens is 280 g/mol. The van der Waals surface area contributed by atoms with Crippen LogP contribution in [0, 0.1) is 0 Å². The van der Waals surface area contributed by atoms with Crippen molar-refractivity contribution in [2.75, 3.05) is 31.1 Å². The minimum absolute atomic E-state index is 0.767. The fourth-order valence-corrected chi connectivity index (χ4v) is 2.48. The van der Waals surface area contributed by atoms with Gasteiger partial charge in [0.2, 0.25) is 5.95 Å². The lowest BCUT2D eigenvalue weighted by Gasteiger charge is -2.29. The second-order valence-corrected chi connectivity index (χ2v) is 5.06. The maximum absolute atomic E-state index is 4.68. The molecule has 0 unspecified atom stereocenters. The summed E-state index contributed by atoms with van der Waals surface area (Å²) < 4.78 is 0. The molecule has 0 atom stereocenters. The van der Waals surface area contributed by atoms with E-state index in [0.717, 1.165) is 43.4 Å². The molecule has 1 fully saturated rings. The third kappa shape index (κ3) is 2.44. The van der Waals surface area contributed by atoms with Crippen molar-refractivity contribution in [1.29, 1.82) is 0 Å². The molecular formula is C14H16N8. The van der Waals surface area contributed by atoms with Crippen LogP contribution in [-0.4, -0.2) is 58.8 Å². The van der Waals surface area contributed by atoms with Crippen LogP contribution < -0.4 is 10.2 Å². The fourth-order valence-electron chi connectivity index (χ4n) is 2.48. The molecule has 1 saturated heterocycles. The summed E-state index contributed by atoms with van der Waals surface area (Å²) in [6.45, 7) is 3.77. The molecule has 1 aromatic heterocycles. The number of hydrazine groups is 1. The second-order valence-electron chi connectivity index (χ2n) is 5.06. The first-order valence-corrected chi connectivity index (χ1v) is 7.24. The highest BCUT2D eigenvalue weighted by Gasteiger charge is 2.17. The van der Waals surface area contributed by atoms with Crippen LogP contribution in [0.25, 0.3) is 5.57 Å². The Balaban J connectivity index is 1.60. The first-order valence-electron chi connectivity index (χ1n) is 7.24. The van der Waals surface area contributed by atoms with Gasteiger partial charge in [-0.25, -0.2) is 15.0 Å². The average molecular weight is 296 g/mol. The third-order valence-electron chi connectivity index (χ3n) is 3.61. The summed E-state index contributed by atoms with van der Waals surface area (Å²) in [5.74, 6) is 0.767. The highest BCUT2D eigenvalue weighted by Crippen LogP contribution is 2.20. The van der Waals surface area contributed by atoms with Gasteiger partial charge in [-0.1, -0.05) is 5.23 Å². The van der Waals surface area contributed by atoms with Gasteiger partial charge in [-0.2, -0.15) is 0 Å². The number of hydrogen-bond acceptors (Lipinski definition) is 8. The summed E-state index contributed by atoms with van der Waals surface area (Å²) in [5, 5.41) is 15.1. The number of hydrazone groups is 2. The minimum Gasteiger partial charge on any atom is -0.338 e. The molecule has 112 valence electrons. The molecule has 0 bridgehead atoms. The van der Waals surface area contributed by atoms with Gasteiger partial charge in [0.05, 0.1) is 18.1 Å². The van der Waals surface area contributed by atoms with Crippen LogP contribution in [0.5, 0.6) is 0 Å². The van der Waals surface area contributed by atoms with Gasteiger partial charge in [0.15, 0.2) is 0 Å². The number of rotatable bonds is 2. The van der Waals surface area contributed by atoms with Crippen LogP contribution in [0.1, 0.15) is 5.69 Å². The number of allylic oxidation sites excluding steroid dienone is 2. The lowest BCUT2D eigenvalue weighted by Crippen LogP contribution is -2.44. The maximum Gasteiger partial charge on any atom is 0.225 e. The van der Waals surface area contributed by atoms with Gasteiger partial charge in [-0.15, -0.1) is 10.2 Å². The highest BCUT2D eigenvalue weighted by molar-refractivity contribution is 6.09. The highest BCUT2D eigenvalue weighted by atomic mass is 15.9. The SMILES string of the molecule is C1=CN2C=C(c3ccnc(N4CCNCC4)n3)C=NN2N=C1. The van der Waals surface area contributed by atoms with Crippen LogP contribution in [0.3, 0.4) is 0 Å². The molecule has 0 spiro atoms. The second kappa shape index (κ2) is 5.57. The van der Waals surface area contributed by atoms with Crippen molar-refractivity contribution in [2.45, 2.75) is 0 Å². The smallest absolute Gasteiger partial charge is 0.225 e. The van der Waals surface area contributed by atoms with Crippen LogP contribution in [0.4, 0.5) is 5.95 Å². The average Bonchev–Trinajstić information content (AvgIpc) is 2.62. The topological polar surface area (TPSA) is 72.2 Å². The van der Waals surface area contributed by atoms with Gasteiger partial charge in [0, 0.05) is 50.3 Å². The molecule has 1 N–H and O–H groups in total. The Labute approximate surface area is 128 Å². The van der Waals surface area contributed by atoms with Crippen molar-refractivity contribution in [3.63, 3.8) is 0 Å². The van der Waals surface area contributed by atoms with E-state index in [0.29, 0.717) is 0 Å². The number of anilines is 1. The maximum atomic E-state index is 4.68. The van der Waals surface area contributed by atoms with Gasteiger partial charge in [0.1, 0.15) is 0 Å². The van der Waals surface area contributed by atoms with Gasteiger partial charge in [-0.05, 0) is 12.1 Å². The van der Waals surface area contributed by atoms with Gasteiger partial charge < -0.3 is 10.2 Å². The number of nitrogens with one attached hydrogen (secondary N) is 1. The molecule has 4 rings (SSSR count). The normalized spacial score (nSPS) is 20.2. The fraction of sp³-hybridized carbons (Fsp3) is 0.286. The molecule has 0 aromatic carbocycles. The zero-order valence-electron chi connectivity index (χ0n) is 12.0. The van der Waals surface area contributed by atoms with E-state index in [9.17, 15) is 0 Å². The predicted molar refractivity (Wildman–Crippen MR) is 84.9 cm³/mol. The summed E-state index contributed by atoms with van der Waals surface area (Å²) in [7, 11) is 0. The summed E-state index contributed by atoms with van der Waals surface area (Å²) in [6, 6.07) is 1.90. The van der Waals surface area contributed by atoms with E-state index in [1.807, 2.05) is 29.6 Å². The molecule has 0 radical (unpaired) electrons. The van der Waals surface area contributed by atoms with Gasteiger partial charge in [-0.3, -0.25) is 0 Å². The van der Waals surface area contributed by atoms with Gasteiger partial charge >= 0.3 is 0 Å². The molecule has 0 saturated carbocycles. The number of fused-ring (bicyclic) bond motifs is 1. The quantitative estimate of drug-likeness (QED) is 0.844. The Kier molecular flexibility index (Phi) is 3.28. The molecule has 3 aliphatic heterocycles. The lowest BCUT2D eigenvalue weighted by molar-refractivity contribution is 0.0738. The zero-order chi connectivity index (χ0) is 14.8. The van der Waals surface area contributed by atoms with Crippen molar-refractivity contribution in [3.8, 4) is 0 Å². The van der Waals surface area contributed by atoms with Crippen molar-refractivity contribution in [2.24, 2.45) is 10.2 Å². The summed E-state index contributed by atoms with van der Waals surface area (Å²) in [5.41, 5.74) is 1.78. The third-order valence-corrected chi connectivity index (χ3v) is 3.61. The van der Waals surface area contributed by atoms with Crippen LogP contribution in [0.2, 0.25) is 0 Å². The number of nitrogens with zero attached hydrogens (tertiary/aromatic N) is 7. The Morgan fingerprint density at radius 1 is 1.14 bits per heavy atom. The number of piperazine rings is 1. The molecule has 0 aliphatic carbocycles. The summed E-state index contributed by atoms with van der Waals surface area (Å²) in [6.07, 6.45) is 10.9. The van der Waals surface area contributed by atoms with Crippen molar-refractivity contribution in [1.82, 2.24) is 25.5 Å². The molecule has 8 heteroatoms. The first kappa shape index (κ1) is 13.0. The monoisotopic (exact) mass is 296 g/mol. The van der Waals surface area contributed by atoms with Crippen molar-refractivity contribution < 1.29 is 0 Å². The van der Waals surface area contributed by atoms with E-state index < -0.39 is 0 Å². The molecule has 22 heavy (non-hydrogen) atoms. The molecule has 0 amide bonds. The van der Waals surface area contributed by atoms with E-state index in [1.54, 1.807) is 18.6 Å². The van der Waals surface area contributed by atoms with Crippen LogP contribution in [-0.2, 0) is 0 Å². The van der Waals surface area contributed by atoms with Crippen LogP contribution in [0.15, 0.2) is 40.9 Å². The molecule has 8 nitrogen and oxygen atoms in total. The summed E-state index contributed by atoms with van der Waals surface area (Å²) >= 11 is 0. The standard InChI is InChI=1S/C14H16N8/c1-3-17-22-18-10-12(11-21(22)7-1)13-2-4-16-14(19-13)20-8-5-15-6-9-20/h1-4,7,10-11,15H,5-6,8-9H2. The minimum atomic E-state index is 0.767. The Morgan fingerprint density at radius 3 is 2.95 bits per heavy atom. The number of hydrogen-bond donors (Lipinski definition) is 1. The zero-order valence-corrected chi connectivity index (χ0v) is 12.0. The van der Waals surface area contributed by atoms with Crippen molar-refractivity contribution >= 4 is 24.0 Å². The van der Waals surface area contributed by atoms with Gasteiger partial charge in [0.25, 0.3) is 0 Å². The Bertz CT molecular complexity index is 671. The van der Waals surface area contributed by atoms with E-state index in [-0.39, 0.29) is 0 Å². The lowest BCUT2D eigenvalue weighted by atomic mass is 10.2. The predicted octanol–water partition coefficient (Wildman–Crippen LogP) is 0.259. The summed E-state index contributed by atoms with van der Waals surface area (Å²) in [4.78, 5) is 11.3. The van der Waals surface area contributed by atoms with E-state index in [2.05, 4.69) is 30.4 Å². The Morgan fingerprint density at radius 2 is 2.05 bits per heavy atom.